The van der Waals surface area contributed by atoms with Crippen LogP contribution in [0.25, 0.3) is 0 Å². The number of aromatic nitrogens is 3. The molecule has 0 saturated carbocycles. The largest absolute Gasteiger partial charge is 0.374 e. The molecule has 2 aromatic rings. The molecule has 0 fully saturated rings. The Kier molecular flexibility index (Phi) is 6.23. The molecule has 0 aromatic carbocycles. The SMILES string of the molecule is CCCNc1cc(Sc2nccs2)nc(COCC)n1. The van der Waals surface area contributed by atoms with E-state index in [1.165, 1.54) is 0 Å². The van der Waals surface area contributed by atoms with E-state index >= 15 is 0 Å². The van der Waals surface area contributed by atoms with E-state index < -0.39 is 0 Å². The van der Waals surface area contributed by atoms with Crippen molar-refractivity contribution in [3.63, 3.8) is 0 Å². The zero-order valence-corrected chi connectivity index (χ0v) is 13.3. The van der Waals surface area contributed by atoms with Crippen LogP contribution in [0.4, 0.5) is 5.82 Å². The number of ether oxygens (including phenoxy) is 1. The van der Waals surface area contributed by atoms with Gasteiger partial charge in [-0.3, -0.25) is 0 Å². The van der Waals surface area contributed by atoms with Crippen molar-refractivity contribution in [1.82, 2.24) is 15.0 Å². The zero-order valence-electron chi connectivity index (χ0n) is 11.6. The molecule has 0 amide bonds. The molecular formula is C13H18N4OS2. The summed E-state index contributed by atoms with van der Waals surface area (Å²) in [6.07, 6.45) is 2.85. The van der Waals surface area contributed by atoms with Crippen LogP contribution in [-0.2, 0) is 11.3 Å². The number of anilines is 1. The van der Waals surface area contributed by atoms with Crippen molar-refractivity contribution < 1.29 is 4.74 Å². The Morgan fingerprint density at radius 1 is 1.35 bits per heavy atom. The lowest BCUT2D eigenvalue weighted by Gasteiger charge is -2.08. The van der Waals surface area contributed by atoms with Crippen LogP contribution in [0.1, 0.15) is 26.1 Å². The maximum atomic E-state index is 5.39. The van der Waals surface area contributed by atoms with Crippen LogP contribution < -0.4 is 5.32 Å². The lowest BCUT2D eigenvalue weighted by atomic mass is 10.4. The quantitative estimate of drug-likeness (QED) is 0.754. The van der Waals surface area contributed by atoms with Crippen molar-refractivity contribution in [1.29, 1.82) is 0 Å². The summed E-state index contributed by atoms with van der Waals surface area (Å²) in [5, 5.41) is 6.15. The third-order valence-corrected chi connectivity index (χ3v) is 4.14. The monoisotopic (exact) mass is 310 g/mol. The standard InChI is InChI=1S/C13H18N4OS2/c1-3-5-14-10-8-12(20-13-15-6-7-19-13)17-11(16-10)9-18-4-2/h6-8H,3-5,9H2,1-2H3,(H,14,16,17). The second kappa shape index (κ2) is 8.18. The van der Waals surface area contributed by atoms with Crippen molar-refractivity contribution in [3.05, 3.63) is 23.5 Å². The summed E-state index contributed by atoms with van der Waals surface area (Å²) >= 11 is 3.16. The third-order valence-electron chi connectivity index (χ3n) is 2.34. The highest BCUT2D eigenvalue weighted by Crippen LogP contribution is 2.28. The van der Waals surface area contributed by atoms with Crippen molar-refractivity contribution in [2.24, 2.45) is 0 Å². The second-order valence-electron chi connectivity index (χ2n) is 3.97. The van der Waals surface area contributed by atoms with E-state index in [0.717, 1.165) is 28.1 Å². The summed E-state index contributed by atoms with van der Waals surface area (Å²) in [7, 11) is 0. The van der Waals surface area contributed by atoms with Gasteiger partial charge in [-0.25, -0.2) is 15.0 Å². The van der Waals surface area contributed by atoms with Gasteiger partial charge in [-0.15, -0.1) is 11.3 Å². The van der Waals surface area contributed by atoms with Gasteiger partial charge >= 0.3 is 0 Å². The fourth-order valence-electron chi connectivity index (χ4n) is 1.48. The average molecular weight is 310 g/mol. The number of thiazole rings is 1. The van der Waals surface area contributed by atoms with Gasteiger partial charge in [0, 0.05) is 30.8 Å². The van der Waals surface area contributed by atoms with Crippen molar-refractivity contribution in [3.8, 4) is 0 Å². The summed E-state index contributed by atoms with van der Waals surface area (Å²) in [5.74, 6) is 1.54. The summed E-state index contributed by atoms with van der Waals surface area (Å²) < 4.78 is 6.37. The molecule has 0 atom stereocenters. The molecule has 0 radical (unpaired) electrons. The third kappa shape index (κ3) is 4.73. The first kappa shape index (κ1) is 15.2. The summed E-state index contributed by atoms with van der Waals surface area (Å²) in [6.45, 7) is 6.08. The van der Waals surface area contributed by atoms with Crippen LogP contribution in [0.3, 0.4) is 0 Å². The van der Waals surface area contributed by atoms with Crippen LogP contribution in [0, 0.1) is 0 Å². The summed E-state index contributed by atoms with van der Waals surface area (Å²) in [6, 6.07) is 1.96. The molecule has 0 aliphatic rings. The lowest BCUT2D eigenvalue weighted by Crippen LogP contribution is -2.07. The minimum atomic E-state index is 0.434. The maximum absolute atomic E-state index is 5.39. The molecule has 0 unspecified atom stereocenters. The van der Waals surface area contributed by atoms with Crippen LogP contribution in [0.2, 0.25) is 0 Å². The molecule has 1 N–H and O–H groups in total. The van der Waals surface area contributed by atoms with Gasteiger partial charge in [0.25, 0.3) is 0 Å². The van der Waals surface area contributed by atoms with E-state index in [-0.39, 0.29) is 0 Å². The zero-order chi connectivity index (χ0) is 14.2. The van der Waals surface area contributed by atoms with Crippen LogP contribution >= 0.6 is 23.1 Å². The highest BCUT2D eigenvalue weighted by atomic mass is 32.2. The maximum Gasteiger partial charge on any atom is 0.157 e. The van der Waals surface area contributed by atoms with Gasteiger partial charge in [0.2, 0.25) is 0 Å². The van der Waals surface area contributed by atoms with E-state index in [0.29, 0.717) is 19.0 Å². The molecule has 108 valence electrons. The van der Waals surface area contributed by atoms with Crippen LogP contribution in [0.5, 0.6) is 0 Å². The Hall–Kier alpha value is -1.18. The lowest BCUT2D eigenvalue weighted by molar-refractivity contribution is 0.128. The average Bonchev–Trinajstić information content (AvgIpc) is 2.95. The molecule has 0 saturated heterocycles. The Morgan fingerprint density at radius 3 is 2.95 bits per heavy atom. The fourth-order valence-corrected chi connectivity index (χ4v) is 3.07. The molecule has 2 aromatic heterocycles. The van der Waals surface area contributed by atoms with Gasteiger partial charge in [-0.1, -0.05) is 6.92 Å². The number of nitrogens with one attached hydrogen (secondary N) is 1. The molecule has 0 aliphatic heterocycles. The summed E-state index contributed by atoms with van der Waals surface area (Å²) in [4.78, 5) is 13.2. The Bertz CT molecular complexity index is 493. The van der Waals surface area contributed by atoms with Crippen LogP contribution in [0.15, 0.2) is 27.0 Å². The van der Waals surface area contributed by atoms with E-state index in [4.69, 9.17) is 4.74 Å². The van der Waals surface area contributed by atoms with Crippen molar-refractivity contribution in [2.75, 3.05) is 18.5 Å². The van der Waals surface area contributed by atoms with Gasteiger partial charge in [0.05, 0.1) is 0 Å². The fraction of sp³-hybridized carbons (Fsp3) is 0.462. The van der Waals surface area contributed by atoms with Crippen molar-refractivity contribution in [2.45, 2.75) is 36.2 Å². The molecule has 0 spiro atoms. The highest BCUT2D eigenvalue weighted by Gasteiger charge is 2.07. The highest BCUT2D eigenvalue weighted by molar-refractivity contribution is 8.01. The van der Waals surface area contributed by atoms with Gasteiger partial charge in [0.1, 0.15) is 17.5 Å². The Morgan fingerprint density at radius 2 is 2.25 bits per heavy atom. The molecule has 7 heteroatoms. The van der Waals surface area contributed by atoms with Crippen molar-refractivity contribution >= 4 is 28.9 Å². The van der Waals surface area contributed by atoms with Crippen LogP contribution in [-0.4, -0.2) is 28.1 Å². The molecule has 0 bridgehead atoms. The minimum absolute atomic E-state index is 0.434. The van der Waals surface area contributed by atoms with E-state index in [1.54, 1.807) is 29.3 Å². The number of hydrogen-bond donors (Lipinski definition) is 1. The van der Waals surface area contributed by atoms with Gasteiger partial charge in [0.15, 0.2) is 10.2 Å². The summed E-state index contributed by atoms with van der Waals surface area (Å²) in [5.41, 5.74) is 0. The molecule has 2 heterocycles. The number of rotatable bonds is 8. The smallest absolute Gasteiger partial charge is 0.157 e. The number of nitrogens with zero attached hydrogens (tertiary/aromatic N) is 3. The molecule has 20 heavy (non-hydrogen) atoms. The normalized spacial score (nSPS) is 10.7. The first-order valence-electron chi connectivity index (χ1n) is 6.58. The van der Waals surface area contributed by atoms with Gasteiger partial charge in [-0.05, 0) is 25.1 Å². The number of hydrogen-bond acceptors (Lipinski definition) is 7. The van der Waals surface area contributed by atoms with E-state index in [2.05, 4.69) is 27.2 Å². The predicted molar refractivity (Wildman–Crippen MR) is 82.4 cm³/mol. The predicted octanol–water partition coefficient (Wildman–Crippen LogP) is 3.44. The second-order valence-corrected chi connectivity index (χ2v) is 6.13. The Labute approximate surface area is 127 Å². The van der Waals surface area contributed by atoms with E-state index in [1.807, 2.05) is 18.4 Å². The minimum Gasteiger partial charge on any atom is -0.374 e. The molecule has 5 nitrogen and oxygen atoms in total. The topological polar surface area (TPSA) is 59.9 Å². The van der Waals surface area contributed by atoms with E-state index in [9.17, 15) is 0 Å². The Balaban J connectivity index is 2.15. The molecule has 2 rings (SSSR count). The molecular weight excluding hydrogens is 292 g/mol. The molecule has 0 aliphatic carbocycles. The van der Waals surface area contributed by atoms with Gasteiger partial charge in [-0.2, -0.15) is 0 Å². The van der Waals surface area contributed by atoms with Gasteiger partial charge < -0.3 is 10.1 Å². The first-order chi connectivity index (χ1) is 9.81. The first-order valence-corrected chi connectivity index (χ1v) is 8.28.